The normalized spacial score (nSPS) is 26.3. The minimum absolute atomic E-state index is 0.422. The number of hydrogen-bond acceptors (Lipinski definition) is 3. The van der Waals surface area contributed by atoms with Gasteiger partial charge in [0, 0.05) is 18.3 Å². The van der Waals surface area contributed by atoms with Gasteiger partial charge in [-0.05, 0) is 38.4 Å². The SMILES string of the molecule is CC1NCCCC1Nc1ncccc1Cl. The first-order chi connectivity index (χ1) is 7.27. The number of pyridine rings is 1. The van der Waals surface area contributed by atoms with Crippen LogP contribution in [0, 0.1) is 0 Å². The summed E-state index contributed by atoms with van der Waals surface area (Å²) in [6, 6.07) is 4.59. The monoisotopic (exact) mass is 225 g/mol. The second-order valence-electron chi connectivity index (χ2n) is 3.97. The van der Waals surface area contributed by atoms with Crippen LogP contribution in [0.2, 0.25) is 5.02 Å². The number of aromatic nitrogens is 1. The second-order valence-corrected chi connectivity index (χ2v) is 4.38. The molecule has 0 bridgehead atoms. The van der Waals surface area contributed by atoms with Gasteiger partial charge < -0.3 is 10.6 Å². The van der Waals surface area contributed by atoms with Gasteiger partial charge in [-0.2, -0.15) is 0 Å². The van der Waals surface area contributed by atoms with Crippen molar-refractivity contribution in [1.29, 1.82) is 0 Å². The van der Waals surface area contributed by atoms with E-state index in [2.05, 4.69) is 22.5 Å². The van der Waals surface area contributed by atoms with Crippen LogP contribution in [0.25, 0.3) is 0 Å². The van der Waals surface area contributed by atoms with E-state index < -0.39 is 0 Å². The maximum Gasteiger partial charge on any atom is 0.145 e. The largest absolute Gasteiger partial charge is 0.365 e. The van der Waals surface area contributed by atoms with E-state index in [0.717, 1.165) is 12.4 Å². The molecule has 1 aliphatic rings. The summed E-state index contributed by atoms with van der Waals surface area (Å²) < 4.78 is 0. The fourth-order valence-corrected chi connectivity index (χ4v) is 2.08. The zero-order valence-corrected chi connectivity index (χ0v) is 9.59. The maximum atomic E-state index is 6.05. The summed E-state index contributed by atoms with van der Waals surface area (Å²) in [6.45, 7) is 3.29. The summed E-state index contributed by atoms with van der Waals surface area (Å²) in [5.74, 6) is 0.791. The minimum Gasteiger partial charge on any atom is -0.365 e. The summed E-state index contributed by atoms with van der Waals surface area (Å²) in [7, 11) is 0. The topological polar surface area (TPSA) is 37.0 Å². The van der Waals surface area contributed by atoms with Crippen LogP contribution in [-0.2, 0) is 0 Å². The molecule has 0 radical (unpaired) electrons. The molecule has 0 spiro atoms. The highest BCUT2D eigenvalue weighted by Crippen LogP contribution is 2.21. The standard InChI is InChI=1S/C11H16ClN3/c1-8-10(5-3-6-13-8)15-11-9(12)4-2-7-14-11/h2,4,7-8,10,13H,3,5-6H2,1H3,(H,14,15). The summed E-state index contributed by atoms with van der Waals surface area (Å²) in [6.07, 6.45) is 4.13. The lowest BCUT2D eigenvalue weighted by molar-refractivity contribution is 0.389. The predicted molar refractivity (Wildman–Crippen MR) is 63.4 cm³/mol. The molecule has 2 unspecified atom stereocenters. The van der Waals surface area contributed by atoms with Gasteiger partial charge in [0.05, 0.1) is 5.02 Å². The first-order valence-corrected chi connectivity index (χ1v) is 5.75. The third-order valence-corrected chi connectivity index (χ3v) is 3.15. The van der Waals surface area contributed by atoms with Gasteiger partial charge in [-0.1, -0.05) is 11.6 Å². The number of anilines is 1. The summed E-state index contributed by atoms with van der Waals surface area (Å²) >= 11 is 6.05. The summed E-state index contributed by atoms with van der Waals surface area (Å²) in [4.78, 5) is 4.24. The molecule has 4 heteroatoms. The van der Waals surface area contributed by atoms with E-state index >= 15 is 0 Å². The molecule has 0 saturated carbocycles. The van der Waals surface area contributed by atoms with E-state index in [-0.39, 0.29) is 0 Å². The summed E-state index contributed by atoms with van der Waals surface area (Å²) in [5.41, 5.74) is 0. The number of piperidine rings is 1. The molecule has 2 heterocycles. The van der Waals surface area contributed by atoms with Gasteiger partial charge in [-0.25, -0.2) is 4.98 Å². The van der Waals surface area contributed by atoms with Crippen molar-refractivity contribution in [2.75, 3.05) is 11.9 Å². The molecule has 1 saturated heterocycles. The van der Waals surface area contributed by atoms with Gasteiger partial charge in [-0.3, -0.25) is 0 Å². The Morgan fingerprint density at radius 3 is 3.20 bits per heavy atom. The van der Waals surface area contributed by atoms with Crippen LogP contribution in [0.15, 0.2) is 18.3 Å². The molecule has 1 aromatic heterocycles. The average molecular weight is 226 g/mol. The predicted octanol–water partition coefficient (Wildman–Crippen LogP) is 2.29. The van der Waals surface area contributed by atoms with Gasteiger partial charge in [0.25, 0.3) is 0 Å². The Labute approximate surface area is 95.2 Å². The highest BCUT2D eigenvalue weighted by atomic mass is 35.5. The van der Waals surface area contributed by atoms with Gasteiger partial charge >= 0.3 is 0 Å². The highest BCUT2D eigenvalue weighted by molar-refractivity contribution is 6.32. The molecule has 3 nitrogen and oxygen atoms in total. The van der Waals surface area contributed by atoms with Crippen molar-refractivity contribution in [3.63, 3.8) is 0 Å². The van der Waals surface area contributed by atoms with Crippen molar-refractivity contribution in [3.8, 4) is 0 Å². The van der Waals surface area contributed by atoms with Gasteiger partial charge in [0.1, 0.15) is 5.82 Å². The zero-order valence-electron chi connectivity index (χ0n) is 8.83. The van der Waals surface area contributed by atoms with Crippen molar-refractivity contribution in [1.82, 2.24) is 10.3 Å². The van der Waals surface area contributed by atoms with E-state index in [1.165, 1.54) is 12.8 Å². The van der Waals surface area contributed by atoms with E-state index in [9.17, 15) is 0 Å². The van der Waals surface area contributed by atoms with Crippen molar-refractivity contribution < 1.29 is 0 Å². The van der Waals surface area contributed by atoms with Crippen LogP contribution in [-0.4, -0.2) is 23.6 Å². The third kappa shape index (κ3) is 2.61. The average Bonchev–Trinajstić information content (AvgIpc) is 2.24. The Morgan fingerprint density at radius 2 is 2.47 bits per heavy atom. The third-order valence-electron chi connectivity index (χ3n) is 2.84. The number of halogens is 1. The molecule has 0 aromatic carbocycles. The lowest BCUT2D eigenvalue weighted by Crippen LogP contribution is -2.46. The number of hydrogen-bond donors (Lipinski definition) is 2. The molecule has 15 heavy (non-hydrogen) atoms. The Morgan fingerprint density at radius 1 is 1.60 bits per heavy atom. The first-order valence-electron chi connectivity index (χ1n) is 5.38. The molecule has 0 amide bonds. The molecule has 1 fully saturated rings. The molecular formula is C11H16ClN3. The van der Waals surface area contributed by atoms with Crippen LogP contribution in [0.1, 0.15) is 19.8 Å². The molecule has 82 valence electrons. The number of nitrogens with zero attached hydrogens (tertiary/aromatic N) is 1. The van der Waals surface area contributed by atoms with Crippen molar-refractivity contribution in [2.45, 2.75) is 31.8 Å². The van der Waals surface area contributed by atoms with E-state index in [1.54, 1.807) is 6.20 Å². The van der Waals surface area contributed by atoms with Crippen LogP contribution < -0.4 is 10.6 Å². The Balaban J connectivity index is 2.04. The molecule has 1 aromatic rings. The second kappa shape index (κ2) is 4.81. The van der Waals surface area contributed by atoms with Crippen molar-refractivity contribution in [2.24, 2.45) is 0 Å². The molecule has 2 atom stereocenters. The quantitative estimate of drug-likeness (QED) is 0.811. The smallest absolute Gasteiger partial charge is 0.145 e. The Bertz CT molecular complexity index is 329. The summed E-state index contributed by atoms with van der Waals surface area (Å²) in [5, 5.41) is 7.52. The zero-order chi connectivity index (χ0) is 10.7. The molecular weight excluding hydrogens is 210 g/mol. The lowest BCUT2D eigenvalue weighted by Gasteiger charge is -2.31. The van der Waals surface area contributed by atoms with Gasteiger partial charge in [-0.15, -0.1) is 0 Å². The van der Waals surface area contributed by atoms with Crippen LogP contribution >= 0.6 is 11.6 Å². The molecule has 1 aliphatic heterocycles. The lowest BCUT2D eigenvalue weighted by atomic mass is 10.00. The maximum absolute atomic E-state index is 6.05. The van der Waals surface area contributed by atoms with Gasteiger partial charge in [0.2, 0.25) is 0 Å². The minimum atomic E-state index is 0.422. The van der Waals surface area contributed by atoms with E-state index in [1.807, 2.05) is 12.1 Å². The number of rotatable bonds is 2. The van der Waals surface area contributed by atoms with Crippen LogP contribution in [0.3, 0.4) is 0 Å². The molecule has 2 N–H and O–H groups in total. The first kappa shape index (κ1) is 10.7. The number of nitrogens with one attached hydrogen (secondary N) is 2. The highest BCUT2D eigenvalue weighted by Gasteiger charge is 2.21. The van der Waals surface area contributed by atoms with E-state index in [4.69, 9.17) is 11.6 Å². The van der Waals surface area contributed by atoms with Crippen LogP contribution in [0.5, 0.6) is 0 Å². The van der Waals surface area contributed by atoms with Gasteiger partial charge in [0.15, 0.2) is 0 Å². The Hall–Kier alpha value is -0.800. The molecule has 2 rings (SSSR count). The fraction of sp³-hybridized carbons (Fsp3) is 0.545. The Kier molecular flexibility index (Phi) is 3.44. The molecule has 0 aliphatic carbocycles. The van der Waals surface area contributed by atoms with E-state index in [0.29, 0.717) is 17.1 Å². The van der Waals surface area contributed by atoms with Crippen LogP contribution in [0.4, 0.5) is 5.82 Å². The van der Waals surface area contributed by atoms with Crippen molar-refractivity contribution >= 4 is 17.4 Å². The fourth-order valence-electron chi connectivity index (χ4n) is 1.91. The van der Waals surface area contributed by atoms with Crippen molar-refractivity contribution in [3.05, 3.63) is 23.4 Å².